The maximum atomic E-state index is 12.0. The fourth-order valence-electron chi connectivity index (χ4n) is 2.13. The molecule has 1 aromatic rings. The number of benzene rings is 1. The maximum absolute atomic E-state index is 12.0. The van der Waals surface area contributed by atoms with Gasteiger partial charge in [0.15, 0.2) is 5.60 Å². The monoisotopic (exact) mass is 220 g/mol. The van der Waals surface area contributed by atoms with Crippen molar-refractivity contribution in [3.8, 4) is 0 Å². The van der Waals surface area contributed by atoms with E-state index in [-0.39, 0.29) is 5.97 Å². The standard InChI is InChI=1S/C13H16O3/c1-15-13(11-7-3-2-4-8-11)9-5-6-10-16-12(13)14/h2-4,7-8H,5-6,9-10H2,1H3. The van der Waals surface area contributed by atoms with Gasteiger partial charge in [0.2, 0.25) is 0 Å². The van der Waals surface area contributed by atoms with E-state index in [1.165, 1.54) is 0 Å². The van der Waals surface area contributed by atoms with Crippen LogP contribution in [0.1, 0.15) is 24.8 Å². The number of rotatable bonds is 2. The first-order chi connectivity index (χ1) is 7.79. The molecule has 0 radical (unpaired) electrons. The van der Waals surface area contributed by atoms with Gasteiger partial charge >= 0.3 is 5.97 Å². The molecule has 0 aromatic heterocycles. The van der Waals surface area contributed by atoms with E-state index in [0.29, 0.717) is 13.0 Å². The molecule has 86 valence electrons. The molecule has 0 amide bonds. The highest BCUT2D eigenvalue weighted by atomic mass is 16.6. The van der Waals surface area contributed by atoms with Crippen molar-refractivity contribution < 1.29 is 14.3 Å². The molecule has 1 heterocycles. The predicted octanol–water partition coefficient (Wildman–Crippen LogP) is 2.26. The zero-order valence-electron chi connectivity index (χ0n) is 9.44. The van der Waals surface area contributed by atoms with Gasteiger partial charge in [-0.05, 0) is 24.8 Å². The summed E-state index contributed by atoms with van der Waals surface area (Å²) in [4.78, 5) is 12.0. The van der Waals surface area contributed by atoms with Crippen molar-refractivity contribution in [3.05, 3.63) is 35.9 Å². The number of hydrogen-bond donors (Lipinski definition) is 0. The lowest BCUT2D eigenvalue weighted by Crippen LogP contribution is -2.38. The van der Waals surface area contributed by atoms with Crippen molar-refractivity contribution in [1.82, 2.24) is 0 Å². The van der Waals surface area contributed by atoms with Crippen molar-refractivity contribution in [2.45, 2.75) is 24.9 Å². The second-order valence-electron chi connectivity index (χ2n) is 3.99. The summed E-state index contributed by atoms with van der Waals surface area (Å²) in [5.41, 5.74) is -0.0259. The molecule has 2 rings (SSSR count). The van der Waals surface area contributed by atoms with Gasteiger partial charge in [-0.25, -0.2) is 4.79 Å². The third-order valence-electron chi connectivity index (χ3n) is 3.07. The summed E-state index contributed by atoms with van der Waals surface area (Å²) in [6, 6.07) is 9.57. The Bertz CT molecular complexity index is 361. The minimum absolute atomic E-state index is 0.265. The van der Waals surface area contributed by atoms with Crippen molar-refractivity contribution in [2.75, 3.05) is 13.7 Å². The Hall–Kier alpha value is -1.35. The van der Waals surface area contributed by atoms with Crippen LogP contribution in [0.5, 0.6) is 0 Å². The predicted molar refractivity (Wildman–Crippen MR) is 59.9 cm³/mol. The van der Waals surface area contributed by atoms with E-state index in [1.807, 2.05) is 30.3 Å². The molecule has 0 aliphatic carbocycles. The topological polar surface area (TPSA) is 35.5 Å². The number of cyclic esters (lactones) is 1. The summed E-state index contributed by atoms with van der Waals surface area (Å²) in [5, 5.41) is 0. The molecule has 1 atom stereocenters. The Morgan fingerprint density at radius 2 is 2.00 bits per heavy atom. The average Bonchev–Trinajstić information content (AvgIpc) is 2.53. The summed E-state index contributed by atoms with van der Waals surface area (Å²) < 4.78 is 10.7. The van der Waals surface area contributed by atoms with Gasteiger partial charge in [0.25, 0.3) is 0 Å². The SMILES string of the molecule is COC1(c2ccccc2)CCCCOC1=O. The van der Waals surface area contributed by atoms with E-state index in [1.54, 1.807) is 7.11 Å². The molecular formula is C13H16O3. The van der Waals surface area contributed by atoms with E-state index < -0.39 is 5.60 Å². The van der Waals surface area contributed by atoms with Crippen molar-refractivity contribution in [1.29, 1.82) is 0 Å². The Labute approximate surface area is 95.4 Å². The third-order valence-corrected chi connectivity index (χ3v) is 3.07. The highest BCUT2D eigenvalue weighted by molar-refractivity contribution is 5.81. The van der Waals surface area contributed by atoms with Gasteiger partial charge in [0.1, 0.15) is 0 Å². The van der Waals surface area contributed by atoms with Crippen molar-refractivity contribution >= 4 is 5.97 Å². The molecule has 1 aliphatic rings. The molecule has 1 aromatic carbocycles. The highest BCUT2D eigenvalue weighted by Gasteiger charge is 2.42. The van der Waals surface area contributed by atoms with Gasteiger partial charge < -0.3 is 9.47 Å². The molecular weight excluding hydrogens is 204 g/mol. The summed E-state index contributed by atoms with van der Waals surface area (Å²) >= 11 is 0. The van der Waals surface area contributed by atoms with Gasteiger partial charge in [0, 0.05) is 7.11 Å². The van der Waals surface area contributed by atoms with E-state index in [0.717, 1.165) is 18.4 Å². The summed E-state index contributed by atoms with van der Waals surface area (Å²) in [5.74, 6) is -0.265. The molecule has 1 unspecified atom stereocenters. The Morgan fingerprint density at radius 3 is 2.69 bits per heavy atom. The lowest BCUT2D eigenvalue weighted by molar-refractivity contribution is -0.169. The van der Waals surface area contributed by atoms with Gasteiger partial charge in [-0.2, -0.15) is 0 Å². The zero-order chi connectivity index (χ0) is 11.4. The lowest BCUT2D eigenvalue weighted by atomic mass is 9.89. The number of carbonyl (C=O) groups is 1. The third kappa shape index (κ3) is 1.83. The number of carbonyl (C=O) groups excluding carboxylic acids is 1. The fraction of sp³-hybridized carbons (Fsp3) is 0.462. The number of esters is 1. The van der Waals surface area contributed by atoms with Gasteiger partial charge in [-0.1, -0.05) is 30.3 Å². The lowest BCUT2D eigenvalue weighted by Gasteiger charge is -2.28. The van der Waals surface area contributed by atoms with Crippen LogP contribution in [0.15, 0.2) is 30.3 Å². The summed E-state index contributed by atoms with van der Waals surface area (Å²) in [6.07, 6.45) is 2.53. The van der Waals surface area contributed by atoms with E-state index in [4.69, 9.17) is 9.47 Å². The maximum Gasteiger partial charge on any atom is 0.343 e. The molecule has 0 bridgehead atoms. The minimum Gasteiger partial charge on any atom is -0.463 e. The smallest absolute Gasteiger partial charge is 0.343 e. The molecule has 1 fully saturated rings. The molecule has 0 N–H and O–H groups in total. The van der Waals surface area contributed by atoms with Crippen molar-refractivity contribution in [3.63, 3.8) is 0 Å². The van der Waals surface area contributed by atoms with Crippen LogP contribution in [-0.2, 0) is 19.9 Å². The van der Waals surface area contributed by atoms with E-state index in [2.05, 4.69) is 0 Å². The fourth-order valence-corrected chi connectivity index (χ4v) is 2.13. The summed E-state index contributed by atoms with van der Waals surface area (Å²) in [6.45, 7) is 0.497. The molecule has 16 heavy (non-hydrogen) atoms. The first-order valence-corrected chi connectivity index (χ1v) is 5.57. The number of ether oxygens (including phenoxy) is 2. The van der Waals surface area contributed by atoms with Crippen LogP contribution in [0, 0.1) is 0 Å². The van der Waals surface area contributed by atoms with Crippen LogP contribution in [-0.4, -0.2) is 19.7 Å². The number of methoxy groups -OCH3 is 1. The Balaban J connectivity index is 2.40. The number of hydrogen-bond acceptors (Lipinski definition) is 3. The van der Waals surface area contributed by atoms with Gasteiger partial charge in [-0.15, -0.1) is 0 Å². The largest absolute Gasteiger partial charge is 0.463 e. The highest BCUT2D eigenvalue weighted by Crippen LogP contribution is 2.34. The second kappa shape index (κ2) is 4.66. The average molecular weight is 220 g/mol. The molecule has 1 aliphatic heterocycles. The van der Waals surface area contributed by atoms with Gasteiger partial charge in [0.05, 0.1) is 6.61 Å². The van der Waals surface area contributed by atoms with E-state index >= 15 is 0 Å². The van der Waals surface area contributed by atoms with Crippen LogP contribution in [0.25, 0.3) is 0 Å². The van der Waals surface area contributed by atoms with Crippen LogP contribution in [0.4, 0.5) is 0 Å². The normalized spacial score (nSPS) is 25.9. The minimum atomic E-state index is -0.905. The molecule has 1 saturated heterocycles. The zero-order valence-corrected chi connectivity index (χ0v) is 9.44. The van der Waals surface area contributed by atoms with E-state index in [9.17, 15) is 4.79 Å². The first kappa shape index (κ1) is 11.1. The Kier molecular flexibility index (Phi) is 3.25. The second-order valence-corrected chi connectivity index (χ2v) is 3.99. The van der Waals surface area contributed by atoms with Crippen LogP contribution in [0.2, 0.25) is 0 Å². The van der Waals surface area contributed by atoms with Crippen LogP contribution in [0.3, 0.4) is 0 Å². The van der Waals surface area contributed by atoms with Crippen molar-refractivity contribution in [2.24, 2.45) is 0 Å². The quantitative estimate of drug-likeness (QED) is 0.717. The van der Waals surface area contributed by atoms with Crippen LogP contribution >= 0.6 is 0 Å². The van der Waals surface area contributed by atoms with Crippen LogP contribution < -0.4 is 0 Å². The first-order valence-electron chi connectivity index (χ1n) is 5.57. The molecule has 0 saturated carbocycles. The molecule has 3 heteroatoms. The molecule has 3 nitrogen and oxygen atoms in total. The Morgan fingerprint density at radius 1 is 1.25 bits per heavy atom. The summed E-state index contributed by atoms with van der Waals surface area (Å²) in [7, 11) is 1.57. The molecule has 0 spiro atoms. The van der Waals surface area contributed by atoms with Gasteiger partial charge in [-0.3, -0.25) is 0 Å².